The number of rotatable bonds is 5. The minimum Gasteiger partial charge on any atom is -0.463 e. The van der Waals surface area contributed by atoms with Gasteiger partial charge in [0.15, 0.2) is 0 Å². The minimum absolute atomic E-state index is 0.300. The summed E-state index contributed by atoms with van der Waals surface area (Å²) >= 11 is 0. The molecule has 4 heteroatoms. The summed E-state index contributed by atoms with van der Waals surface area (Å²) in [6.07, 6.45) is 8.25. The summed E-state index contributed by atoms with van der Waals surface area (Å²) in [5.74, 6) is 5.44. The first-order valence-corrected chi connectivity index (χ1v) is 9.57. The Hall–Kier alpha value is -3.06. The molecule has 0 N–H and O–H groups in total. The number of carbonyl (C=O) groups is 2. The maximum Gasteiger partial charge on any atom is 0.338 e. The molecule has 0 amide bonds. The Bertz CT molecular complexity index is 858. The topological polar surface area (TPSA) is 52.6 Å². The number of hydrogen-bond acceptors (Lipinski definition) is 4. The van der Waals surface area contributed by atoms with E-state index < -0.39 is 0 Å². The van der Waals surface area contributed by atoms with E-state index in [0.717, 1.165) is 36.0 Å². The lowest BCUT2D eigenvalue weighted by Crippen LogP contribution is -2.05. The minimum atomic E-state index is -0.331. The molecule has 146 valence electrons. The summed E-state index contributed by atoms with van der Waals surface area (Å²) < 4.78 is 10.00. The van der Waals surface area contributed by atoms with Crippen molar-refractivity contribution >= 4 is 11.9 Å². The monoisotopic (exact) mass is 378 g/mol. The standard InChI is InChI=1S/C24H26O4/c1-4-27-23(25)17-21-11-8-9-18(3)22(21)12-7-6-10-19-13-15-20(16-14-19)24(26)28-5-2/h7,12-17H,4-5,8-9,11H2,1-3H3. The molecule has 1 aliphatic carbocycles. The molecule has 0 radical (unpaired) electrons. The zero-order chi connectivity index (χ0) is 20.4. The van der Waals surface area contributed by atoms with Crippen molar-refractivity contribution in [2.75, 3.05) is 13.2 Å². The highest BCUT2D eigenvalue weighted by Crippen LogP contribution is 2.30. The lowest BCUT2D eigenvalue weighted by atomic mass is 9.87. The average Bonchev–Trinajstić information content (AvgIpc) is 2.68. The molecule has 28 heavy (non-hydrogen) atoms. The largest absolute Gasteiger partial charge is 0.463 e. The molecule has 1 aromatic rings. The van der Waals surface area contributed by atoms with Crippen molar-refractivity contribution < 1.29 is 19.1 Å². The highest BCUT2D eigenvalue weighted by atomic mass is 16.5. The average molecular weight is 378 g/mol. The first-order chi connectivity index (χ1) is 13.5. The van der Waals surface area contributed by atoms with E-state index in [-0.39, 0.29) is 11.9 Å². The summed E-state index contributed by atoms with van der Waals surface area (Å²) in [4.78, 5) is 23.4. The molecule has 0 unspecified atom stereocenters. The molecular weight excluding hydrogens is 352 g/mol. The van der Waals surface area contributed by atoms with Gasteiger partial charge in [-0.25, -0.2) is 9.59 Å². The van der Waals surface area contributed by atoms with Gasteiger partial charge in [-0.15, -0.1) is 0 Å². The maximum atomic E-state index is 11.8. The number of ether oxygens (including phenoxy) is 2. The van der Waals surface area contributed by atoms with E-state index >= 15 is 0 Å². The Kier molecular flexibility index (Phi) is 8.30. The lowest BCUT2D eigenvalue weighted by molar-refractivity contribution is -0.137. The van der Waals surface area contributed by atoms with Crippen molar-refractivity contribution in [2.45, 2.75) is 40.0 Å². The van der Waals surface area contributed by atoms with E-state index in [1.165, 1.54) is 5.57 Å². The van der Waals surface area contributed by atoms with Crippen molar-refractivity contribution in [3.8, 4) is 11.8 Å². The Morgan fingerprint density at radius 2 is 1.79 bits per heavy atom. The second kappa shape index (κ2) is 10.9. The first-order valence-electron chi connectivity index (χ1n) is 9.57. The van der Waals surface area contributed by atoms with Crippen LogP contribution in [0.2, 0.25) is 0 Å². The van der Waals surface area contributed by atoms with Crippen LogP contribution in [0.4, 0.5) is 0 Å². The Labute approximate surface area is 166 Å². The zero-order valence-corrected chi connectivity index (χ0v) is 16.7. The van der Waals surface area contributed by atoms with Gasteiger partial charge in [0, 0.05) is 11.6 Å². The van der Waals surface area contributed by atoms with Crippen LogP contribution in [-0.2, 0) is 14.3 Å². The normalized spacial score (nSPS) is 15.3. The van der Waals surface area contributed by atoms with E-state index in [0.29, 0.717) is 18.8 Å². The molecule has 1 aliphatic rings. The SMILES string of the molecule is CCOC(=O)C=C1CCCC(C)=C1C=CC#Cc1ccc(C(=O)OCC)cc1. The number of esters is 2. The Balaban J connectivity index is 2.10. The van der Waals surface area contributed by atoms with Crippen LogP contribution in [-0.4, -0.2) is 25.2 Å². The van der Waals surface area contributed by atoms with Gasteiger partial charge in [-0.1, -0.05) is 17.4 Å². The summed E-state index contributed by atoms with van der Waals surface area (Å²) in [5, 5.41) is 0. The zero-order valence-electron chi connectivity index (χ0n) is 16.7. The fraction of sp³-hybridized carbons (Fsp3) is 0.333. The molecule has 4 nitrogen and oxygen atoms in total. The fourth-order valence-corrected chi connectivity index (χ4v) is 2.97. The van der Waals surface area contributed by atoms with Crippen LogP contribution in [0.3, 0.4) is 0 Å². The molecule has 0 spiro atoms. The van der Waals surface area contributed by atoms with Crippen LogP contribution in [0, 0.1) is 11.8 Å². The van der Waals surface area contributed by atoms with Crippen LogP contribution in [0.25, 0.3) is 0 Å². The first kappa shape index (κ1) is 21.2. The molecule has 0 fully saturated rings. The number of allylic oxidation sites excluding steroid dienone is 5. The van der Waals surface area contributed by atoms with E-state index in [4.69, 9.17) is 9.47 Å². The van der Waals surface area contributed by atoms with Crippen LogP contribution in [0.1, 0.15) is 56.0 Å². The van der Waals surface area contributed by atoms with Gasteiger partial charge in [0.1, 0.15) is 0 Å². The highest BCUT2D eigenvalue weighted by molar-refractivity contribution is 5.89. The van der Waals surface area contributed by atoms with Gasteiger partial charge in [-0.3, -0.25) is 0 Å². The van der Waals surface area contributed by atoms with Crippen LogP contribution < -0.4 is 0 Å². The van der Waals surface area contributed by atoms with Crippen molar-refractivity contribution in [2.24, 2.45) is 0 Å². The molecule has 0 bridgehead atoms. The van der Waals surface area contributed by atoms with Crippen LogP contribution >= 0.6 is 0 Å². The molecule has 0 saturated carbocycles. The van der Waals surface area contributed by atoms with Gasteiger partial charge in [-0.2, -0.15) is 0 Å². The predicted octanol–water partition coefficient (Wildman–Crippen LogP) is 4.76. The highest BCUT2D eigenvalue weighted by Gasteiger charge is 2.14. The molecule has 0 atom stereocenters. The molecular formula is C24H26O4. The summed E-state index contributed by atoms with van der Waals surface area (Å²) in [5.41, 5.74) is 4.64. The third-order valence-electron chi connectivity index (χ3n) is 4.33. The van der Waals surface area contributed by atoms with E-state index in [1.807, 2.05) is 6.08 Å². The van der Waals surface area contributed by atoms with E-state index in [9.17, 15) is 9.59 Å². The molecule has 1 aromatic carbocycles. The van der Waals surface area contributed by atoms with E-state index in [1.54, 1.807) is 50.3 Å². The summed E-state index contributed by atoms with van der Waals surface area (Å²) in [6, 6.07) is 7.01. The van der Waals surface area contributed by atoms with Crippen LogP contribution in [0.5, 0.6) is 0 Å². The smallest absolute Gasteiger partial charge is 0.338 e. The third kappa shape index (κ3) is 6.28. The fourth-order valence-electron chi connectivity index (χ4n) is 2.97. The maximum absolute atomic E-state index is 11.8. The Morgan fingerprint density at radius 3 is 2.46 bits per heavy atom. The molecule has 0 aromatic heterocycles. The number of benzene rings is 1. The van der Waals surface area contributed by atoms with Gasteiger partial charge in [-0.05, 0) is 87.6 Å². The molecule has 2 rings (SSSR count). The van der Waals surface area contributed by atoms with Gasteiger partial charge in [0.2, 0.25) is 0 Å². The van der Waals surface area contributed by atoms with Crippen molar-refractivity contribution in [1.29, 1.82) is 0 Å². The molecule has 0 heterocycles. The molecule has 0 saturated heterocycles. The van der Waals surface area contributed by atoms with Crippen LogP contribution in [0.15, 0.2) is 59.2 Å². The van der Waals surface area contributed by atoms with E-state index in [2.05, 4.69) is 18.8 Å². The summed E-state index contributed by atoms with van der Waals surface area (Å²) in [7, 11) is 0. The second-order valence-electron chi connectivity index (χ2n) is 6.37. The van der Waals surface area contributed by atoms with Gasteiger partial charge in [0.05, 0.1) is 18.8 Å². The number of hydrogen-bond donors (Lipinski definition) is 0. The van der Waals surface area contributed by atoms with Crippen molar-refractivity contribution in [3.05, 3.63) is 70.3 Å². The van der Waals surface area contributed by atoms with Crippen molar-refractivity contribution in [3.63, 3.8) is 0 Å². The third-order valence-corrected chi connectivity index (χ3v) is 4.33. The predicted molar refractivity (Wildman–Crippen MR) is 110 cm³/mol. The Morgan fingerprint density at radius 1 is 1.07 bits per heavy atom. The second-order valence-corrected chi connectivity index (χ2v) is 6.37. The quantitative estimate of drug-likeness (QED) is 0.421. The number of carbonyl (C=O) groups excluding carboxylic acids is 2. The van der Waals surface area contributed by atoms with Gasteiger partial charge in [0.25, 0.3) is 0 Å². The lowest BCUT2D eigenvalue weighted by Gasteiger charge is -2.18. The van der Waals surface area contributed by atoms with Gasteiger partial charge >= 0.3 is 11.9 Å². The van der Waals surface area contributed by atoms with Gasteiger partial charge < -0.3 is 9.47 Å². The molecule has 0 aliphatic heterocycles. The van der Waals surface area contributed by atoms with Crippen molar-refractivity contribution in [1.82, 2.24) is 0 Å². The summed E-state index contributed by atoms with van der Waals surface area (Å²) in [6.45, 7) is 6.39.